The summed E-state index contributed by atoms with van der Waals surface area (Å²) < 4.78 is 14.0. The van der Waals surface area contributed by atoms with Gasteiger partial charge in [-0.2, -0.15) is 5.10 Å². The highest BCUT2D eigenvalue weighted by atomic mass is 16.7. The van der Waals surface area contributed by atoms with Gasteiger partial charge in [0.15, 0.2) is 0 Å². The number of aryl methyl sites for hydroxylation is 2. The predicted octanol–water partition coefficient (Wildman–Crippen LogP) is 2.79. The summed E-state index contributed by atoms with van der Waals surface area (Å²) in [6.45, 7) is 12.4. The molecule has 2 aromatic rings. The number of rotatable bonds is 2. The minimum atomic E-state index is -0.370. The Bertz CT molecular complexity index is 690. The summed E-state index contributed by atoms with van der Waals surface area (Å²) in [5.74, 6) is 0. The molecule has 22 heavy (non-hydrogen) atoms. The zero-order chi connectivity index (χ0) is 16.1. The largest absolute Gasteiger partial charge is 0.498 e. The molecule has 0 bridgehead atoms. The molecule has 1 aliphatic heterocycles. The fourth-order valence-corrected chi connectivity index (χ4v) is 2.45. The van der Waals surface area contributed by atoms with E-state index >= 15 is 0 Å². The number of aromatic nitrogens is 2. The van der Waals surface area contributed by atoms with E-state index in [0.717, 1.165) is 11.2 Å². The molecule has 1 aliphatic rings. The highest BCUT2D eigenvalue weighted by Gasteiger charge is 2.52. The van der Waals surface area contributed by atoms with Crippen LogP contribution in [-0.2, 0) is 9.31 Å². The fraction of sp³-hybridized carbons (Fsp3) is 0.471. The first-order valence-electron chi connectivity index (χ1n) is 7.67. The molecular weight excluding hydrogens is 275 g/mol. The standard InChI is InChI=1S/C17H23BN2O2/c1-12-7-8-15(9-13(12)2)20-11-14(10-19-20)18-21-16(3,4)17(5,6)22-18/h7-11H,1-6H3. The first kappa shape index (κ1) is 15.3. The fourth-order valence-electron chi connectivity index (χ4n) is 2.45. The molecule has 116 valence electrons. The Balaban J connectivity index is 1.87. The lowest BCUT2D eigenvalue weighted by Gasteiger charge is -2.32. The van der Waals surface area contributed by atoms with Crippen molar-refractivity contribution in [2.75, 3.05) is 0 Å². The van der Waals surface area contributed by atoms with Crippen molar-refractivity contribution in [1.29, 1.82) is 0 Å². The maximum absolute atomic E-state index is 6.07. The zero-order valence-corrected chi connectivity index (χ0v) is 14.2. The van der Waals surface area contributed by atoms with Crippen LogP contribution in [0, 0.1) is 13.8 Å². The van der Waals surface area contributed by atoms with E-state index in [9.17, 15) is 0 Å². The van der Waals surface area contributed by atoms with Gasteiger partial charge in [-0.05, 0) is 64.8 Å². The molecule has 2 heterocycles. The molecule has 4 nitrogen and oxygen atoms in total. The molecule has 0 amide bonds. The molecule has 0 atom stereocenters. The van der Waals surface area contributed by atoms with Crippen molar-refractivity contribution in [2.45, 2.75) is 52.7 Å². The molecule has 1 aromatic heterocycles. The van der Waals surface area contributed by atoms with Crippen LogP contribution in [0.15, 0.2) is 30.6 Å². The van der Waals surface area contributed by atoms with Crippen LogP contribution < -0.4 is 5.46 Å². The Kier molecular flexibility index (Phi) is 3.46. The van der Waals surface area contributed by atoms with Gasteiger partial charge in [0, 0.05) is 17.9 Å². The van der Waals surface area contributed by atoms with E-state index in [1.54, 1.807) is 0 Å². The van der Waals surface area contributed by atoms with Crippen molar-refractivity contribution < 1.29 is 9.31 Å². The lowest BCUT2D eigenvalue weighted by molar-refractivity contribution is 0.00578. The normalized spacial score (nSPS) is 19.6. The highest BCUT2D eigenvalue weighted by molar-refractivity contribution is 6.62. The first-order chi connectivity index (χ1) is 10.2. The Hall–Kier alpha value is -1.59. The van der Waals surface area contributed by atoms with Gasteiger partial charge in [0.1, 0.15) is 0 Å². The third-order valence-corrected chi connectivity index (χ3v) is 4.88. The highest BCUT2D eigenvalue weighted by Crippen LogP contribution is 2.36. The SMILES string of the molecule is Cc1ccc(-n2cc(B3OC(C)(C)C(C)(C)O3)cn2)cc1C. The van der Waals surface area contributed by atoms with Gasteiger partial charge in [-0.15, -0.1) is 0 Å². The summed E-state index contributed by atoms with van der Waals surface area (Å²) in [5.41, 5.74) is 3.86. The molecule has 1 fully saturated rings. The van der Waals surface area contributed by atoms with E-state index < -0.39 is 0 Å². The third-order valence-electron chi connectivity index (χ3n) is 4.88. The predicted molar refractivity (Wildman–Crippen MR) is 88.8 cm³/mol. The van der Waals surface area contributed by atoms with Gasteiger partial charge in [-0.25, -0.2) is 4.68 Å². The molecule has 0 aliphatic carbocycles. The third kappa shape index (κ3) is 2.48. The molecule has 0 N–H and O–H groups in total. The molecular formula is C17H23BN2O2. The van der Waals surface area contributed by atoms with Crippen LogP contribution in [0.5, 0.6) is 0 Å². The second kappa shape index (κ2) is 4.96. The first-order valence-corrected chi connectivity index (χ1v) is 7.67. The second-order valence-corrected chi connectivity index (χ2v) is 7.08. The Labute approximate surface area is 132 Å². The lowest BCUT2D eigenvalue weighted by atomic mass is 9.82. The van der Waals surface area contributed by atoms with Crippen LogP contribution in [-0.4, -0.2) is 28.1 Å². The molecule has 0 unspecified atom stereocenters. The Morgan fingerprint density at radius 2 is 1.64 bits per heavy atom. The van der Waals surface area contributed by atoms with Crippen molar-refractivity contribution in [3.63, 3.8) is 0 Å². The van der Waals surface area contributed by atoms with E-state index in [2.05, 4.69) is 64.8 Å². The summed E-state index contributed by atoms with van der Waals surface area (Å²) in [5, 5.41) is 4.45. The summed E-state index contributed by atoms with van der Waals surface area (Å²) >= 11 is 0. The molecule has 0 radical (unpaired) electrons. The molecule has 0 saturated carbocycles. The number of benzene rings is 1. The van der Waals surface area contributed by atoms with Crippen molar-refractivity contribution >= 4 is 12.6 Å². The van der Waals surface area contributed by atoms with Crippen LogP contribution in [0.2, 0.25) is 0 Å². The van der Waals surface area contributed by atoms with E-state index in [1.807, 2.05) is 17.1 Å². The average molecular weight is 298 g/mol. The van der Waals surface area contributed by atoms with Crippen LogP contribution in [0.4, 0.5) is 0 Å². The summed E-state index contributed by atoms with van der Waals surface area (Å²) in [6.07, 6.45) is 3.80. The summed E-state index contributed by atoms with van der Waals surface area (Å²) in [6, 6.07) is 6.32. The minimum absolute atomic E-state index is 0.333. The maximum atomic E-state index is 6.07. The van der Waals surface area contributed by atoms with Crippen molar-refractivity contribution in [3.8, 4) is 5.69 Å². The van der Waals surface area contributed by atoms with Crippen LogP contribution in [0.25, 0.3) is 5.69 Å². The average Bonchev–Trinajstić information content (AvgIpc) is 2.97. The van der Waals surface area contributed by atoms with Crippen LogP contribution >= 0.6 is 0 Å². The zero-order valence-electron chi connectivity index (χ0n) is 14.2. The molecule has 5 heteroatoms. The van der Waals surface area contributed by atoms with E-state index in [0.29, 0.717) is 0 Å². The van der Waals surface area contributed by atoms with Crippen molar-refractivity contribution in [2.24, 2.45) is 0 Å². The van der Waals surface area contributed by atoms with E-state index in [1.165, 1.54) is 11.1 Å². The van der Waals surface area contributed by atoms with Crippen LogP contribution in [0.1, 0.15) is 38.8 Å². The minimum Gasteiger partial charge on any atom is -0.399 e. The quantitative estimate of drug-likeness (QED) is 0.800. The molecule has 3 rings (SSSR count). The van der Waals surface area contributed by atoms with Gasteiger partial charge in [-0.1, -0.05) is 6.07 Å². The van der Waals surface area contributed by atoms with Gasteiger partial charge in [0.05, 0.1) is 16.9 Å². The number of hydrogen-bond acceptors (Lipinski definition) is 3. The Morgan fingerprint density at radius 3 is 2.23 bits per heavy atom. The summed E-state index contributed by atoms with van der Waals surface area (Å²) in [4.78, 5) is 0. The van der Waals surface area contributed by atoms with Gasteiger partial charge in [0.25, 0.3) is 0 Å². The van der Waals surface area contributed by atoms with Crippen LogP contribution in [0.3, 0.4) is 0 Å². The van der Waals surface area contributed by atoms with Crippen molar-refractivity contribution in [1.82, 2.24) is 9.78 Å². The monoisotopic (exact) mass is 298 g/mol. The van der Waals surface area contributed by atoms with Gasteiger partial charge in [-0.3, -0.25) is 0 Å². The van der Waals surface area contributed by atoms with Gasteiger partial charge >= 0.3 is 7.12 Å². The smallest absolute Gasteiger partial charge is 0.399 e. The van der Waals surface area contributed by atoms with Gasteiger partial charge in [0.2, 0.25) is 0 Å². The van der Waals surface area contributed by atoms with Gasteiger partial charge < -0.3 is 9.31 Å². The number of hydrogen-bond donors (Lipinski definition) is 0. The number of nitrogens with zero attached hydrogens (tertiary/aromatic N) is 2. The second-order valence-electron chi connectivity index (χ2n) is 7.08. The molecule has 1 saturated heterocycles. The molecule has 1 aromatic carbocycles. The van der Waals surface area contributed by atoms with E-state index in [-0.39, 0.29) is 18.3 Å². The molecule has 0 spiro atoms. The lowest BCUT2D eigenvalue weighted by Crippen LogP contribution is -2.41. The van der Waals surface area contributed by atoms with E-state index in [4.69, 9.17) is 9.31 Å². The Morgan fingerprint density at radius 1 is 1.00 bits per heavy atom. The topological polar surface area (TPSA) is 36.3 Å². The summed E-state index contributed by atoms with van der Waals surface area (Å²) in [7, 11) is -0.370. The van der Waals surface area contributed by atoms with Crippen molar-refractivity contribution in [3.05, 3.63) is 41.7 Å². The maximum Gasteiger partial charge on any atom is 0.498 e.